The minimum absolute atomic E-state index is 0.178. The monoisotopic (exact) mass is 238 g/mol. The Kier molecular flexibility index (Phi) is 1.94. The molecule has 0 unspecified atom stereocenters. The number of hydrogen-bond acceptors (Lipinski definition) is 5. The number of nitrogens with zero attached hydrogens (tertiary/aromatic N) is 1. The van der Waals surface area contributed by atoms with Crippen LogP contribution in [0.5, 0.6) is 11.5 Å². The van der Waals surface area contributed by atoms with Crippen LogP contribution in [-0.2, 0) is 0 Å². The summed E-state index contributed by atoms with van der Waals surface area (Å²) in [4.78, 5) is 0. The van der Waals surface area contributed by atoms with Crippen molar-refractivity contribution >= 4 is 17.4 Å². The number of fused-ring (bicyclic) bond motifs is 1. The van der Waals surface area contributed by atoms with Gasteiger partial charge >= 0.3 is 0 Å². The fourth-order valence-corrected chi connectivity index (χ4v) is 1.80. The second-order valence-corrected chi connectivity index (χ2v) is 3.72. The number of nitrogens with two attached hydrogens (primary N) is 1. The fourth-order valence-electron chi connectivity index (χ4n) is 1.53. The van der Waals surface area contributed by atoms with Crippen LogP contribution >= 0.6 is 11.6 Å². The molecular weight excluding hydrogens is 232 g/mol. The van der Waals surface area contributed by atoms with Gasteiger partial charge < -0.3 is 19.7 Å². The predicted molar refractivity (Wildman–Crippen MR) is 57.5 cm³/mol. The van der Waals surface area contributed by atoms with Crippen LogP contribution in [0.15, 0.2) is 22.7 Å². The molecule has 0 saturated carbocycles. The Bertz CT molecular complexity index is 553. The van der Waals surface area contributed by atoms with E-state index in [4.69, 9.17) is 31.3 Å². The Morgan fingerprint density at radius 3 is 2.88 bits per heavy atom. The molecule has 0 bridgehead atoms. The lowest BCUT2D eigenvalue weighted by atomic mass is 10.1. The van der Waals surface area contributed by atoms with Gasteiger partial charge in [-0.3, -0.25) is 0 Å². The van der Waals surface area contributed by atoms with Gasteiger partial charge in [-0.25, -0.2) is 0 Å². The predicted octanol–water partition coefficient (Wildman–Crippen LogP) is 2.31. The van der Waals surface area contributed by atoms with E-state index in [2.05, 4.69) is 5.16 Å². The van der Waals surface area contributed by atoms with E-state index in [1.54, 1.807) is 18.2 Å². The van der Waals surface area contributed by atoms with Gasteiger partial charge in [0.25, 0.3) is 0 Å². The molecule has 3 rings (SSSR count). The number of nitrogen functional groups attached to an aromatic ring is 1. The van der Waals surface area contributed by atoms with Crippen molar-refractivity contribution in [3.05, 3.63) is 23.2 Å². The number of rotatable bonds is 1. The van der Waals surface area contributed by atoms with Gasteiger partial charge in [-0.2, -0.15) is 0 Å². The van der Waals surface area contributed by atoms with E-state index >= 15 is 0 Å². The molecule has 0 aliphatic carbocycles. The first-order valence-corrected chi connectivity index (χ1v) is 4.93. The summed E-state index contributed by atoms with van der Waals surface area (Å²) in [5.74, 6) is 2.01. The molecule has 1 aliphatic heterocycles. The highest BCUT2D eigenvalue weighted by Gasteiger charge is 2.19. The first-order valence-electron chi connectivity index (χ1n) is 4.56. The third-order valence-corrected chi connectivity index (χ3v) is 2.52. The SMILES string of the molecule is Nc1cc(-c2cc(Cl)c3c(c2)OCO3)on1. The zero-order chi connectivity index (χ0) is 11.1. The van der Waals surface area contributed by atoms with Gasteiger partial charge in [0.05, 0.1) is 5.02 Å². The number of ether oxygens (including phenoxy) is 2. The molecule has 5 nitrogen and oxygen atoms in total. The maximum Gasteiger partial charge on any atom is 0.231 e. The van der Waals surface area contributed by atoms with Gasteiger partial charge in [0.15, 0.2) is 23.1 Å². The Morgan fingerprint density at radius 1 is 1.25 bits per heavy atom. The van der Waals surface area contributed by atoms with E-state index in [9.17, 15) is 0 Å². The smallest absolute Gasteiger partial charge is 0.231 e. The maximum absolute atomic E-state index is 6.03. The number of halogens is 1. The molecular formula is C10H7ClN2O3. The van der Waals surface area contributed by atoms with Crippen LogP contribution in [-0.4, -0.2) is 11.9 Å². The van der Waals surface area contributed by atoms with Crippen LogP contribution in [0.4, 0.5) is 5.82 Å². The molecule has 0 atom stereocenters. The average Bonchev–Trinajstić information content (AvgIpc) is 2.85. The van der Waals surface area contributed by atoms with Crippen LogP contribution in [0, 0.1) is 0 Å². The van der Waals surface area contributed by atoms with Crippen molar-refractivity contribution in [3.63, 3.8) is 0 Å². The largest absolute Gasteiger partial charge is 0.454 e. The average molecular weight is 239 g/mol. The summed E-state index contributed by atoms with van der Waals surface area (Å²) >= 11 is 6.03. The van der Waals surface area contributed by atoms with Crippen molar-refractivity contribution in [1.82, 2.24) is 5.16 Å². The van der Waals surface area contributed by atoms with E-state index in [0.717, 1.165) is 5.56 Å². The van der Waals surface area contributed by atoms with Gasteiger partial charge in [0.1, 0.15) is 0 Å². The molecule has 0 radical (unpaired) electrons. The third kappa shape index (κ3) is 1.37. The lowest BCUT2D eigenvalue weighted by Crippen LogP contribution is -1.93. The van der Waals surface area contributed by atoms with Crippen molar-refractivity contribution in [2.24, 2.45) is 0 Å². The molecule has 2 heterocycles. The number of benzene rings is 1. The maximum atomic E-state index is 6.03. The lowest BCUT2D eigenvalue weighted by Gasteiger charge is -2.01. The summed E-state index contributed by atoms with van der Waals surface area (Å²) in [6.45, 7) is 0.178. The molecule has 0 saturated heterocycles. The summed E-state index contributed by atoms with van der Waals surface area (Å²) in [5, 5.41) is 4.08. The van der Waals surface area contributed by atoms with Crippen LogP contribution in [0.3, 0.4) is 0 Å². The fraction of sp³-hybridized carbons (Fsp3) is 0.100. The molecule has 6 heteroatoms. The van der Waals surface area contributed by atoms with Gasteiger partial charge in [-0.05, 0) is 12.1 Å². The van der Waals surface area contributed by atoms with Gasteiger partial charge in [-0.1, -0.05) is 16.8 Å². The van der Waals surface area contributed by atoms with E-state index < -0.39 is 0 Å². The Balaban J connectivity index is 2.12. The molecule has 0 fully saturated rings. The Labute approximate surface area is 95.7 Å². The summed E-state index contributed by atoms with van der Waals surface area (Å²) < 4.78 is 15.5. The standard InChI is InChI=1S/C10H7ClN2O3/c11-6-1-5(7-3-9(12)13-16-7)2-8-10(6)15-4-14-8/h1-3H,4H2,(H2,12,13). The number of aromatic nitrogens is 1. The molecule has 2 N–H and O–H groups in total. The van der Waals surface area contributed by atoms with E-state index in [0.29, 0.717) is 28.1 Å². The van der Waals surface area contributed by atoms with Crippen molar-refractivity contribution < 1.29 is 14.0 Å². The van der Waals surface area contributed by atoms with Crippen molar-refractivity contribution in [3.8, 4) is 22.8 Å². The molecule has 0 spiro atoms. The second kappa shape index (κ2) is 3.31. The molecule has 1 aliphatic rings. The quantitative estimate of drug-likeness (QED) is 0.826. The van der Waals surface area contributed by atoms with Crippen molar-refractivity contribution in [2.45, 2.75) is 0 Å². The minimum atomic E-state index is 0.178. The number of anilines is 1. The highest BCUT2D eigenvalue weighted by atomic mass is 35.5. The van der Waals surface area contributed by atoms with E-state index in [1.165, 1.54) is 0 Å². The van der Waals surface area contributed by atoms with Gasteiger partial charge in [0, 0.05) is 11.6 Å². The van der Waals surface area contributed by atoms with Crippen LogP contribution in [0.1, 0.15) is 0 Å². The first kappa shape index (κ1) is 9.35. The van der Waals surface area contributed by atoms with E-state index in [-0.39, 0.29) is 6.79 Å². The molecule has 1 aromatic heterocycles. The topological polar surface area (TPSA) is 70.5 Å². The highest BCUT2D eigenvalue weighted by molar-refractivity contribution is 6.32. The third-order valence-electron chi connectivity index (χ3n) is 2.24. The van der Waals surface area contributed by atoms with Crippen LogP contribution < -0.4 is 15.2 Å². The second-order valence-electron chi connectivity index (χ2n) is 3.31. The van der Waals surface area contributed by atoms with Crippen molar-refractivity contribution in [2.75, 3.05) is 12.5 Å². The lowest BCUT2D eigenvalue weighted by molar-refractivity contribution is 0.174. The Morgan fingerprint density at radius 2 is 2.12 bits per heavy atom. The zero-order valence-corrected chi connectivity index (χ0v) is 8.82. The van der Waals surface area contributed by atoms with Gasteiger partial charge in [-0.15, -0.1) is 0 Å². The zero-order valence-electron chi connectivity index (χ0n) is 8.07. The normalized spacial score (nSPS) is 13.1. The molecule has 82 valence electrons. The molecule has 2 aromatic rings. The van der Waals surface area contributed by atoms with E-state index in [1.807, 2.05) is 0 Å². The van der Waals surface area contributed by atoms with Gasteiger partial charge in [0.2, 0.25) is 6.79 Å². The molecule has 1 aromatic carbocycles. The van der Waals surface area contributed by atoms with Crippen LogP contribution in [0.2, 0.25) is 5.02 Å². The Hall–Kier alpha value is -1.88. The summed E-state index contributed by atoms with van der Waals surface area (Å²) in [7, 11) is 0. The number of hydrogen-bond donors (Lipinski definition) is 1. The summed E-state index contributed by atoms with van der Waals surface area (Å²) in [6, 6.07) is 5.11. The minimum Gasteiger partial charge on any atom is -0.454 e. The van der Waals surface area contributed by atoms with Crippen LogP contribution in [0.25, 0.3) is 11.3 Å². The highest BCUT2D eigenvalue weighted by Crippen LogP contribution is 2.42. The summed E-state index contributed by atoms with van der Waals surface area (Å²) in [6.07, 6.45) is 0. The first-order chi connectivity index (χ1) is 7.74. The molecule has 0 amide bonds. The summed E-state index contributed by atoms with van der Waals surface area (Å²) in [5.41, 5.74) is 6.22. The van der Waals surface area contributed by atoms with Crippen molar-refractivity contribution in [1.29, 1.82) is 0 Å². The molecule has 16 heavy (non-hydrogen) atoms.